The van der Waals surface area contributed by atoms with Crippen molar-refractivity contribution in [3.63, 3.8) is 0 Å². The highest BCUT2D eigenvalue weighted by Gasteiger charge is 2.34. The lowest BCUT2D eigenvalue weighted by atomic mass is 10.3. The summed E-state index contributed by atoms with van der Waals surface area (Å²) in [5.41, 5.74) is 5.37. The molecule has 0 spiro atoms. The van der Waals surface area contributed by atoms with E-state index in [0.29, 0.717) is 6.04 Å². The lowest BCUT2D eigenvalue weighted by molar-refractivity contribution is 0.676. The molecule has 0 heterocycles. The fourth-order valence-electron chi connectivity index (χ4n) is 1.14. The molecule has 1 rings (SSSR count). The highest BCUT2D eigenvalue weighted by molar-refractivity contribution is 4.95. The standard InChI is InChI=1S/C7H14N2.5C2H6/c1-2-9-7-5-6(7)3-4-8;5*1-2/h2,6-7,9H,1,3-5,8H2;5*1-2H3. The number of hydrogen-bond acceptors (Lipinski definition) is 2. The molecule has 19 heavy (non-hydrogen) atoms. The van der Waals surface area contributed by atoms with Crippen molar-refractivity contribution >= 4 is 0 Å². The van der Waals surface area contributed by atoms with E-state index < -0.39 is 0 Å². The van der Waals surface area contributed by atoms with Crippen LogP contribution in [0.1, 0.15) is 82.1 Å². The van der Waals surface area contributed by atoms with Crippen molar-refractivity contribution in [1.82, 2.24) is 5.32 Å². The molecule has 2 heteroatoms. The van der Waals surface area contributed by atoms with Crippen LogP contribution in [0, 0.1) is 5.92 Å². The van der Waals surface area contributed by atoms with E-state index in [1.807, 2.05) is 69.2 Å². The third-order valence-corrected chi connectivity index (χ3v) is 1.79. The molecular weight excluding hydrogens is 232 g/mol. The maximum atomic E-state index is 5.37. The molecule has 2 nitrogen and oxygen atoms in total. The Morgan fingerprint density at radius 1 is 0.947 bits per heavy atom. The molecule has 0 saturated heterocycles. The largest absolute Gasteiger partial charge is 0.388 e. The summed E-state index contributed by atoms with van der Waals surface area (Å²) >= 11 is 0. The van der Waals surface area contributed by atoms with Gasteiger partial charge in [0.25, 0.3) is 0 Å². The van der Waals surface area contributed by atoms with E-state index in [2.05, 4.69) is 11.9 Å². The van der Waals surface area contributed by atoms with Crippen LogP contribution in [0.25, 0.3) is 0 Å². The molecule has 122 valence electrons. The number of rotatable bonds is 4. The Labute approximate surface area is 125 Å². The number of nitrogens with two attached hydrogens (primary N) is 1. The predicted octanol–water partition coefficient (Wildman–Crippen LogP) is 5.59. The van der Waals surface area contributed by atoms with Gasteiger partial charge in [0.15, 0.2) is 0 Å². The zero-order valence-corrected chi connectivity index (χ0v) is 15.6. The van der Waals surface area contributed by atoms with Gasteiger partial charge in [-0.2, -0.15) is 0 Å². The maximum Gasteiger partial charge on any atom is 0.0288 e. The summed E-state index contributed by atoms with van der Waals surface area (Å²) in [7, 11) is 0. The molecule has 0 aliphatic heterocycles. The van der Waals surface area contributed by atoms with Crippen molar-refractivity contribution in [3.05, 3.63) is 12.8 Å². The van der Waals surface area contributed by atoms with Gasteiger partial charge in [-0.1, -0.05) is 75.8 Å². The van der Waals surface area contributed by atoms with Crippen molar-refractivity contribution in [1.29, 1.82) is 0 Å². The second kappa shape index (κ2) is 43.2. The van der Waals surface area contributed by atoms with E-state index in [9.17, 15) is 0 Å². The lowest BCUT2D eigenvalue weighted by Gasteiger charge is -1.95. The van der Waals surface area contributed by atoms with Gasteiger partial charge in [-0.05, 0) is 31.5 Å². The Morgan fingerprint density at radius 2 is 1.32 bits per heavy atom. The second-order valence-corrected chi connectivity index (χ2v) is 2.55. The Hall–Kier alpha value is -0.500. The summed E-state index contributed by atoms with van der Waals surface area (Å²) in [6.07, 6.45) is 4.20. The van der Waals surface area contributed by atoms with E-state index >= 15 is 0 Å². The molecule has 2 atom stereocenters. The van der Waals surface area contributed by atoms with E-state index in [1.54, 1.807) is 6.20 Å². The zero-order valence-electron chi connectivity index (χ0n) is 15.6. The van der Waals surface area contributed by atoms with E-state index in [-0.39, 0.29) is 0 Å². The highest BCUT2D eigenvalue weighted by Crippen LogP contribution is 2.32. The van der Waals surface area contributed by atoms with Gasteiger partial charge in [-0.25, -0.2) is 0 Å². The van der Waals surface area contributed by atoms with Crippen molar-refractivity contribution in [2.24, 2.45) is 11.7 Å². The average Bonchev–Trinajstić information content (AvgIpc) is 3.28. The van der Waals surface area contributed by atoms with Crippen LogP contribution in [-0.4, -0.2) is 12.6 Å². The Bertz CT molecular complexity index is 103. The van der Waals surface area contributed by atoms with Crippen LogP contribution in [0.5, 0.6) is 0 Å². The third kappa shape index (κ3) is 31.8. The molecule has 1 saturated carbocycles. The van der Waals surface area contributed by atoms with Crippen LogP contribution in [0.15, 0.2) is 12.8 Å². The van der Waals surface area contributed by atoms with Gasteiger partial charge in [-0.15, -0.1) is 0 Å². The molecule has 0 radical (unpaired) electrons. The molecule has 1 fully saturated rings. The Balaban J connectivity index is -0.0000000557. The minimum Gasteiger partial charge on any atom is -0.388 e. The van der Waals surface area contributed by atoms with E-state index in [1.165, 1.54) is 6.42 Å². The molecule has 0 bridgehead atoms. The summed E-state index contributed by atoms with van der Waals surface area (Å²) in [6, 6.07) is 0.686. The van der Waals surface area contributed by atoms with Gasteiger partial charge < -0.3 is 11.1 Å². The van der Waals surface area contributed by atoms with Gasteiger partial charge in [-0.3, -0.25) is 0 Å². The molecule has 0 aromatic carbocycles. The van der Waals surface area contributed by atoms with Gasteiger partial charge in [0.1, 0.15) is 0 Å². The quantitative estimate of drug-likeness (QED) is 0.702. The van der Waals surface area contributed by atoms with Crippen LogP contribution in [0.4, 0.5) is 0 Å². The summed E-state index contributed by atoms with van der Waals surface area (Å²) in [5.74, 6) is 0.827. The van der Waals surface area contributed by atoms with Crippen LogP contribution in [-0.2, 0) is 0 Å². The van der Waals surface area contributed by atoms with Crippen LogP contribution in [0.2, 0.25) is 0 Å². The Morgan fingerprint density at radius 3 is 1.58 bits per heavy atom. The monoisotopic (exact) mass is 276 g/mol. The van der Waals surface area contributed by atoms with Crippen LogP contribution < -0.4 is 11.1 Å². The summed E-state index contributed by atoms with van der Waals surface area (Å²) in [6.45, 7) is 24.4. The normalized spacial score (nSPS) is 16.6. The summed E-state index contributed by atoms with van der Waals surface area (Å²) in [4.78, 5) is 0. The van der Waals surface area contributed by atoms with Gasteiger partial charge in [0.05, 0.1) is 0 Å². The zero-order chi connectivity index (χ0) is 16.7. The van der Waals surface area contributed by atoms with Crippen molar-refractivity contribution < 1.29 is 0 Å². The van der Waals surface area contributed by atoms with Gasteiger partial charge in [0, 0.05) is 6.04 Å². The second-order valence-electron chi connectivity index (χ2n) is 2.55. The fraction of sp³-hybridized carbons (Fsp3) is 0.882. The maximum absolute atomic E-state index is 5.37. The van der Waals surface area contributed by atoms with Crippen molar-refractivity contribution in [3.8, 4) is 0 Å². The van der Waals surface area contributed by atoms with E-state index in [0.717, 1.165) is 18.9 Å². The molecule has 0 amide bonds. The average molecular weight is 277 g/mol. The summed E-state index contributed by atoms with van der Waals surface area (Å²) in [5, 5.41) is 3.16. The first-order valence-electron chi connectivity index (χ1n) is 8.45. The fourth-order valence-corrected chi connectivity index (χ4v) is 1.14. The third-order valence-electron chi connectivity index (χ3n) is 1.79. The van der Waals surface area contributed by atoms with Crippen LogP contribution >= 0.6 is 0 Å². The van der Waals surface area contributed by atoms with E-state index in [4.69, 9.17) is 5.73 Å². The Kier molecular flexibility index (Phi) is 70.7. The lowest BCUT2D eigenvalue weighted by Crippen LogP contribution is -2.11. The van der Waals surface area contributed by atoms with Gasteiger partial charge >= 0.3 is 0 Å². The first-order valence-corrected chi connectivity index (χ1v) is 8.45. The first kappa shape index (κ1) is 31.1. The molecule has 0 aromatic rings. The summed E-state index contributed by atoms with van der Waals surface area (Å²) < 4.78 is 0. The number of hydrogen-bond donors (Lipinski definition) is 2. The van der Waals surface area contributed by atoms with Gasteiger partial charge in [0.2, 0.25) is 0 Å². The highest BCUT2D eigenvalue weighted by atomic mass is 14.9. The van der Waals surface area contributed by atoms with Crippen molar-refractivity contribution in [2.45, 2.75) is 88.1 Å². The topological polar surface area (TPSA) is 38.0 Å². The molecule has 1 aliphatic rings. The molecule has 2 unspecified atom stereocenters. The predicted molar refractivity (Wildman–Crippen MR) is 95.6 cm³/mol. The van der Waals surface area contributed by atoms with Crippen molar-refractivity contribution in [2.75, 3.05) is 6.54 Å². The number of nitrogens with one attached hydrogen (secondary N) is 1. The first-order chi connectivity index (χ1) is 9.38. The smallest absolute Gasteiger partial charge is 0.0288 e. The molecule has 1 aliphatic carbocycles. The SMILES string of the molecule is C=CNC1CC1CCN.CC.CC.CC.CC.CC. The minimum absolute atomic E-state index is 0.686. The molecule has 0 aromatic heterocycles. The molecular formula is C17H44N2. The van der Waals surface area contributed by atoms with Crippen LogP contribution in [0.3, 0.4) is 0 Å². The minimum atomic E-state index is 0.686. The molecule has 3 N–H and O–H groups in total.